The average Bonchev–Trinajstić information content (AvgIpc) is 3.13. The fourth-order valence-electron chi connectivity index (χ4n) is 6.46. The smallest absolute Gasteiger partial charge is 0.313 e. The van der Waals surface area contributed by atoms with E-state index in [9.17, 15) is 19.5 Å². The van der Waals surface area contributed by atoms with E-state index in [2.05, 4.69) is 0 Å². The molecule has 0 aromatic heterocycles. The predicted molar refractivity (Wildman–Crippen MR) is 131 cm³/mol. The highest BCUT2D eigenvalue weighted by Crippen LogP contribution is 2.58. The van der Waals surface area contributed by atoms with Gasteiger partial charge in [0.1, 0.15) is 24.2 Å². The van der Waals surface area contributed by atoms with Gasteiger partial charge in [-0.1, -0.05) is 68.8 Å². The van der Waals surface area contributed by atoms with E-state index in [1.54, 1.807) is 24.0 Å². The molecular weight excluding hydrogens is 460 g/mol. The number of nitrogens with zero attached hydrogens (tertiary/aromatic N) is 2. The molecular formula is C28H34N2O6. The van der Waals surface area contributed by atoms with Gasteiger partial charge in [-0.25, -0.2) is 0 Å². The number of fused-ring (bicyclic) bond motifs is 2. The van der Waals surface area contributed by atoms with E-state index in [1.165, 1.54) is 4.90 Å². The van der Waals surface area contributed by atoms with Crippen molar-refractivity contribution in [2.24, 2.45) is 17.8 Å². The molecule has 1 spiro atoms. The molecule has 0 bridgehead atoms. The van der Waals surface area contributed by atoms with Gasteiger partial charge in [-0.2, -0.15) is 0 Å². The number of aliphatic hydroxyl groups is 1. The highest BCUT2D eigenvalue weighted by atomic mass is 16.6. The van der Waals surface area contributed by atoms with Crippen LogP contribution in [0.5, 0.6) is 0 Å². The van der Waals surface area contributed by atoms with Gasteiger partial charge in [-0.05, 0) is 24.5 Å². The highest BCUT2D eigenvalue weighted by molar-refractivity contribution is 5.99. The summed E-state index contributed by atoms with van der Waals surface area (Å²) in [6.45, 7) is 6.27. The molecule has 2 saturated heterocycles. The molecule has 4 aliphatic rings. The van der Waals surface area contributed by atoms with E-state index < -0.39 is 41.1 Å². The van der Waals surface area contributed by atoms with Crippen molar-refractivity contribution in [1.82, 2.24) is 9.80 Å². The largest absolute Gasteiger partial charge is 0.461 e. The van der Waals surface area contributed by atoms with Crippen molar-refractivity contribution in [3.05, 3.63) is 60.2 Å². The molecule has 4 heterocycles. The number of carbonyl (C=O) groups is 3. The maximum atomic E-state index is 14.3. The van der Waals surface area contributed by atoms with Crippen LogP contribution in [0.3, 0.4) is 0 Å². The summed E-state index contributed by atoms with van der Waals surface area (Å²) in [5, 5.41) is 10.4. The molecule has 2 amide bonds. The summed E-state index contributed by atoms with van der Waals surface area (Å²) in [7, 11) is 0. The monoisotopic (exact) mass is 494 g/mol. The molecule has 1 aromatic rings. The van der Waals surface area contributed by atoms with E-state index >= 15 is 0 Å². The third-order valence-corrected chi connectivity index (χ3v) is 8.40. The van der Waals surface area contributed by atoms with Crippen molar-refractivity contribution in [1.29, 1.82) is 0 Å². The van der Waals surface area contributed by atoms with Crippen molar-refractivity contribution >= 4 is 17.8 Å². The number of hydrogen-bond donors (Lipinski definition) is 1. The minimum atomic E-state index is -1.35. The second-order valence-corrected chi connectivity index (χ2v) is 10.5. The van der Waals surface area contributed by atoms with Crippen LogP contribution < -0.4 is 0 Å². The summed E-state index contributed by atoms with van der Waals surface area (Å²) < 4.78 is 12.1. The molecule has 8 nitrogen and oxygen atoms in total. The van der Waals surface area contributed by atoms with Crippen LogP contribution in [0.25, 0.3) is 0 Å². The third-order valence-electron chi connectivity index (χ3n) is 8.40. The lowest BCUT2D eigenvalue weighted by molar-refractivity contribution is -0.160. The molecule has 5 rings (SSSR count). The summed E-state index contributed by atoms with van der Waals surface area (Å²) in [6.07, 6.45) is 7.91. The van der Waals surface area contributed by atoms with Crippen molar-refractivity contribution in [2.75, 3.05) is 19.8 Å². The average molecular weight is 495 g/mol. The van der Waals surface area contributed by atoms with Gasteiger partial charge in [0.2, 0.25) is 11.8 Å². The molecule has 2 fully saturated rings. The summed E-state index contributed by atoms with van der Waals surface area (Å²) >= 11 is 0. The van der Waals surface area contributed by atoms with Gasteiger partial charge in [-0.15, -0.1) is 0 Å². The Bertz CT molecular complexity index is 1100. The Morgan fingerprint density at radius 2 is 1.83 bits per heavy atom. The Morgan fingerprint density at radius 3 is 2.53 bits per heavy atom. The minimum Gasteiger partial charge on any atom is -0.461 e. The van der Waals surface area contributed by atoms with Gasteiger partial charge in [0.05, 0.1) is 24.2 Å². The van der Waals surface area contributed by atoms with Crippen molar-refractivity contribution in [3.63, 3.8) is 0 Å². The second kappa shape index (κ2) is 9.16. The Balaban J connectivity index is 1.64. The molecule has 0 saturated carbocycles. The summed E-state index contributed by atoms with van der Waals surface area (Å²) in [4.78, 5) is 45.0. The zero-order valence-corrected chi connectivity index (χ0v) is 21.0. The van der Waals surface area contributed by atoms with Crippen LogP contribution in [0.15, 0.2) is 54.6 Å². The van der Waals surface area contributed by atoms with Crippen LogP contribution in [-0.4, -0.2) is 75.7 Å². The minimum absolute atomic E-state index is 0.0650. The van der Waals surface area contributed by atoms with Crippen molar-refractivity contribution < 1.29 is 29.0 Å². The molecule has 36 heavy (non-hydrogen) atoms. The van der Waals surface area contributed by atoms with Crippen LogP contribution in [0.4, 0.5) is 0 Å². The van der Waals surface area contributed by atoms with Crippen LogP contribution in [0.1, 0.15) is 32.8 Å². The van der Waals surface area contributed by atoms with E-state index in [0.29, 0.717) is 19.5 Å². The van der Waals surface area contributed by atoms with Crippen LogP contribution in [0.2, 0.25) is 0 Å². The van der Waals surface area contributed by atoms with Gasteiger partial charge >= 0.3 is 5.97 Å². The first-order valence-corrected chi connectivity index (χ1v) is 12.8. The first-order chi connectivity index (χ1) is 17.3. The molecule has 0 aliphatic carbocycles. The lowest BCUT2D eigenvalue weighted by atomic mass is 9.75. The van der Waals surface area contributed by atoms with Gasteiger partial charge < -0.3 is 24.4 Å². The van der Waals surface area contributed by atoms with Crippen molar-refractivity contribution in [2.45, 2.75) is 57.0 Å². The Kier molecular flexibility index (Phi) is 6.29. The number of benzene rings is 1. The number of esters is 1. The number of cyclic esters (lactones) is 1. The summed E-state index contributed by atoms with van der Waals surface area (Å²) in [5.41, 5.74) is -1.47. The van der Waals surface area contributed by atoms with Gasteiger partial charge in [0.15, 0.2) is 0 Å². The number of amides is 2. The zero-order chi connectivity index (χ0) is 25.7. The maximum absolute atomic E-state index is 14.3. The van der Waals surface area contributed by atoms with Crippen LogP contribution in [0, 0.1) is 17.8 Å². The first kappa shape index (κ1) is 24.7. The number of likely N-dealkylation sites (tertiary alicyclic amines) is 1. The third kappa shape index (κ3) is 3.61. The van der Waals surface area contributed by atoms with Gasteiger partial charge in [0, 0.05) is 13.1 Å². The molecule has 1 unspecified atom stereocenters. The number of rotatable bonds is 6. The van der Waals surface area contributed by atoms with Crippen LogP contribution in [-0.2, 0) is 30.4 Å². The summed E-state index contributed by atoms with van der Waals surface area (Å²) in [6, 6.07) is 8.09. The quantitative estimate of drug-likeness (QED) is 0.481. The number of carbonyl (C=O) groups excluding carboxylic acids is 3. The topological polar surface area (TPSA) is 96.4 Å². The Morgan fingerprint density at radius 1 is 1.08 bits per heavy atom. The highest BCUT2D eigenvalue weighted by Gasteiger charge is 2.75. The number of aliphatic hydroxyl groups excluding tert-OH is 1. The fourth-order valence-corrected chi connectivity index (χ4v) is 6.46. The van der Waals surface area contributed by atoms with E-state index in [-0.39, 0.29) is 30.9 Å². The predicted octanol–water partition coefficient (Wildman–Crippen LogP) is 2.08. The van der Waals surface area contributed by atoms with Crippen molar-refractivity contribution in [3.8, 4) is 0 Å². The zero-order valence-electron chi connectivity index (χ0n) is 21.0. The Labute approximate surface area is 211 Å². The molecule has 192 valence electrons. The molecule has 4 aliphatic heterocycles. The van der Waals surface area contributed by atoms with E-state index in [0.717, 1.165) is 5.56 Å². The van der Waals surface area contributed by atoms with Crippen LogP contribution >= 0.6 is 0 Å². The molecule has 1 N–H and O–H groups in total. The molecule has 0 radical (unpaired) electrons. The lowest BCUT2D eigenvalue weighted by Crippen LogP contribution is -2.59. The van der Waals surface area contributed by atoms with E-state index in [1.807, 2.05) is 56.3 Å². The fraction of sp³-hybridized carbons (Fsp3) is 0.536. The van der Waals surface area contributed by atoms with E-state index in [4.69, 9.17) is 9.47 Å². The lowest BCUT2D eigenvalue weighted by Gasteiger charge is -2.41. The normalized spacial score (nSPS) is 35.0. The Hall–Kier alpha value is -2.97. The van der Waals surface area contributed by atoms with Gasteiger partial charge in [-0.3, -0.25) is 14.4 Å². The number of hydrogen-bond acceptors (Lipinski definition) is 6. The standard InChI is InChI=1S/C28H34N2O6/c1-4-18(2)20(17-31)30-23-25(33)29(16-19-10-6-5-7-11-19)14-8-13-28(23)21(24(30)32)22-26(34)35-15-9-12-27(22,3)36-28/h5-13,18,20-23,31H,4,14-17H2,1-3H3/t18-,20-,21-,22-,23?,27+,28-/m0/s1. The molecule has 7 atom stereocenters. The second-order valence-electron chi connectivity index (χ2n) is 10.5. The van der Waals surface area contributed by atoms with Gasteiger partial charge in [0.25, 0.3) is 0 Å². The SMILES string of the molecule is CC[C@H](C)[C@H](CO)N1C(=O)[C@@H]2[C@H]3C(=O)OCC=C[C@@]3(C)O[C@@]23C=CCN(Cc2ccccc2)C(=O)C13. The summed E-state index contributed by atoms with van der Waals surface area (Å²) in [5.74, 6) is -3.00. The number of ether oxygens (including phenoxy) is 2. The molecule has 1 aromatic carbocycles. The first-order valence-electron chi connectivity index (χ1n) is 12.8. The molecule has 8 heteroatoms. The maximum Gasteiger partial charge on any atom is 0.313 e.